The third-order valence-corrected chi connectivity index (χ3v) is 8.30. The van der Waals surface area contributed by atoms with Gasteiger partial charge in [0.25, 0.3) is 0 Å². The van der Waals surface area contributed by atoms with Gasteiger partial charge in [0.15, 0.2) is 0 Å². The van der Waals surface area contributed by atoms with Crippen molar-refractivity contribution >= 4 is 26.7 Å². The first-order chi connectivity index (χ1) is 16.5. The Bertz CT molecular complexity index is 1250. The van der Waals surface area contributed by atoms with Gasteiger partial charge in [-0.3, -0.25) is 4.79 Å². The Morgan fingerprint density at radius 1 is 0.971 bits per heavy atom. The van der Waals surface area contributed by atoms with Crippen LogP contribution >= 0.6 is 0 Å². The van der Waals surface area contributed by atoms with Gasteiger partial charge in [-0.1, -0.05) is 42.5 Å². The van der Waals surface area contributed by atoms with Crippen molar-refractivity contribution in [2.75, 3.05) is 26.7 Å². The third-order valence-electron chi connectivity index (χ3n) is 6.40. The Hall–Kier alpha value is -2.90. The van der Waals surface area contributed by atoms with Crippen LogP contribution in [0.25, 0.3) is 10.8 Å². The second-order valence-electron chi connectivity index (χ2n) is 8.68. The second kappa shape index (κ2) is 11.0. The molecule has 3 aromatic carbocycles. The predicted molar refractivity (Wildman–Crippen MR) is 135 cm³/mol. The van der Waals surface area contributed by atoms with Crippen LogP contribution in [0.4, 0.5) is 0 Å². The lowest BCUT2D eigenvalue weighted by atomic mass is 10.0. The minimum Gasteiger partial charge on any atom is -0.496 e. The van der Waals surface area contributed by atoms with Gasteiger partial charge < -0.3 is 10.1 Å². The molecule has 1 aliphatic heterocycles. The molecule has 0 aromatic heterocycles. The number of hydrogen-bond donors (Lipinski definition) is 1. The monoisotopic (exact) mass is 480 g/mol. The zero-order valence-corrected chi connectivity index (χ0v) is 20.4. The summed E-state index contributed by atoms with van der Waals surface area (Å²) in [6, 6.07) is 19.6. The molecule has 1 amide bonds. The minimum absolute atomic E-state index is 0.0484. The number of fused-ring (bicyclic) bond motifs is 1. The third kappa shape index (κ3) is 5.59. The van der Waals surface area contributed by atoms with Crippen LogP contribution < -0.4 is 10.1 Å². The standard InChI is InChI=1S/C27H32N2O4S/c1-33-26-15-14-24(34(31,32)29-18-4-5-19-29)20-23(26)13-16-27(30)28-17-7-11-22-10-6-9-21-8-2-3-12-25(21)22/h2-3,6,8-10,12,14-15,20H,4-5,7,11,13,16-19H2,1H3,(H,28,30). The normalized spacial score (nSPS) is 14.4. The molecule has 0 radical (unpaired) electrons. The molecule has 180 valence electrons. The summed E-state index contributed by atoms with van der Waals surface area (Å²) < 4.78 is 32.7. The van der Waals surface area contributed by atoms with Crippen LogP contribution in [-0.2, 0) is 27.7 Å². The average molecular weight is 481 g/mol. The molecule has 6 nitrogen and oxygen atoms in total. The van der Waals surface area contributed by atoms with Gasteiger partial charge in [0.1, 0.15) is 5.75 Å². The first kappa shape index (κ1) is 24.2. The van der Waals surface area contributed by atoms with E-state index < -0.39 is 10.0 Å². The van der Waals surface area contributed by atoms with E-state index in [-0.39, 0.29) is 17.2 Å². The molecule has 0 unspecified atom stereocenters. The maximum absolute atomic E-state index is 12.9. The first-order valence-corrected chi connectivity index (χ1v) is 13.3. The van der Waals surface area contributed by atoms with Gasteiger partial charge in [0.05, 0.1) is 12.0 Å². The molecule has 1 fully saturated rings. The molecule has 0 saturated carbocycles. The van der Waals surface area contributed by atoms with Crippen LogP contribution in [-0.4, -0.2) is 45.4 Å². The number of rotatable bonds is 10. The highest BCUT2D eigenvalue weighted by molar-refractivity contribution is 7.89. The van der Waals surface area contributed by atoms with Crippen LogP contribution in [0.5, 0.6) is 5.75 Å². The lowest BCUT2D eigenvalue weighted by molar-refractivity contribution is -0.121. The van der Waals surface area contributed by atoms with E-state index in [9.17, 15) is 13.2 Å². The SMILES string of the molecule is COc1ccc(S(=O)(=O)N2CCCC2)cc1CCC(=O)NCCCc1cccc2ccccc12. The fourth-order valence-corrected chi connectivity index (χ4v) is 6.11. The molecular formula is C27H32N2O4S. The van der Waals surface area contributed by atoms with Gasteiger partial charge >= 0.3 is 0 Å². The van der Waals surface area contributed by atoms with Gasteiger partial charge in [-0.2, -0.15) is 4.31 Å². The molecule has 0 atom stereocenters. The summed E-state index contributed by atoms with van der Waals surface area (Å²) in [4.78, 5) is 12.7. The van der Waals surface area contributed by atoms with Crippen LogP contribution in [0.2, 0.25) is 0 Å². The Morgan fingerprint density at radius 3 is 2.53 bits per heavy atom. The van der Waals surface area contributed by atoms with Gasteiger partial charge in [-0.05, 0) is 72.2 Å². The lowest BCUT2D eigenvalue weighted by Gasteiger charge is -2.17. The fraction of sp³-hybridized carbons (Fsp3) is 0.370. The topological polar surface area (TPSA) is 75.7 Å². The highest BCUT2D eigenvalue weighted by Crippen LogP contribution is 2.27. The quantitative estimate of drug-likeness (QED) is 0.439. The van der Waals surface area contributed by atoms with Gasteiger partial charge in [-0.25, -0.2) is 8.42 Å². The second-order valence-corrected chi connectivity index (χ2v) is 10.6. The summed E-state index contributed by atoms with van der Waals surface area (Å²) >= 11 is 0. The highest BCUT2D eigenvalue weighted by atomic mass is 32.2. The Labute approximate surface area is 202 Å². The Balaban J connectivity index is 1.31. The average Bonchev–Trinajstić information content (AvgIpc) is 3.41. The number of nitrogens with zero attached hydrogens (tertiary/aromatic N) is 1. The first-order valence-electron chi connectivity index (χ1n) is 11.9. The van der Waals surface area contributed by atoms with Crippen molar-refractivity contribution in [2.24, 2.45) is 0 Å². The van der Waals surface area contributed by atoms with E-state index in [0.717, 1.165) is 31.2 Å². The van der Waals surface area contributed by atoms with Crippen LogP contribution in [0, 0.1) is 0 Å². The number of sulfonamides is 1. The van der Waals surface area contributed by atoms with Crippen LogP contribution in [0.3, 0.4) is 0 Å². The number of amides is 1. The number of benzene rings is 3. The largest absolute Gasteiger partial charge is 0.496 e. The summed E-state index contributed by atoms with van der Waals surface area (Å²) in [6.07, 6.45) is 4.23. The maximum atomic E-state index is 12.9. The summed E-state index contributed by atoms with van der Waals surface area (Å²) in [5.74, 6) is 0.553. The lowest BCUT2D eigenvalue weighted by Crippen LogP contribution is -2.28. The summed E-state index contributed by atoms with van der Waals surface area (Å²) in [5.41, 5.74) is 2.02. The molecule has 3 aromatic rings. The van der Waals surface area contributed by atoms with E-state index in [2.05, 4.69) is 35.6 Å². The van der Waals surface area contributed by atoms with E-state index in [4.69, 9.17) is 4.74 Å². The maximum Gasteiger partial charge on any atom is 0.243 e. The number of hydrogen-bond acceptors (Lipinski definition) is 4. The summed E-state index contributed by atoms with van der Waals surface area (Å²) in [6.45, 7) is 1.72. The van der Waals surface area contributed by atoms with Gasteiger partial charge in [0.2, 0.25) is 15.9 Å². The Kier molecular flexibility index (Phi) is 7.85. The number of carbonyl (C=O) groups is 1. The fourth-order valence-electron chi connectivity index (χ4n) is 4.54. The number of nitrogens with one attached hydrogen (secondary N) is 1. The molecular weight excluding hydrogens is 448 g/mol. The van der Waals surface area contributed by atoms with Crippen LogP contribution in [0.15, 0.2) is 65.6 Å². The molecule has 7 heteroatoms. The smallest absolute Gasteiger partial charge is 0.243 e. The number of aryl methyl sites for hydroxylation is 2. The molecule has 4 rings (SSSR count). The summed E-state index contributed by atoms with van der Waals surface area (Å²) in [5, 5.41) is 5.48. The molecule has 1 aliphatic rings. The molecule has 1 N–H and O–H groups in total. The molecule has 0 aliphatic carbocycles. The number of ether oxygens (including phenoxy) is 1. The van der Waals surface area contributed by atoms with E-state index in [1.165, 1.54) is 20.6 Å². The van der Waals surface area contributed by atoms with Crippen molar-refractivity contribution < 1.29 is 17.9 Å². The molecule has 1 saturated heterocycles. The van der Waals surface area contributed by atoms with E-state index in [1.807, 2.05) is 12.1 Å². The van der Waals surface area contributed by atoms with E-state index in [0.29, 0.717) is 31.8 Å². The van der Waals surface area contributed by atoms with Crippen molar-refractivity contribution in [1.82, 2.24) is 9.62 Å². The van der Waals surface area contributed by atoms with E-state index >= 15 is 0 Å². The van der Waals surface area contributed by atoms with E-state index in [1.54, 1.807) is 25.3 Å². The van der Waals surface area contributed by atoms with Crippen molar-refractivity contribution in [2.45, 2.75) is 43.4 Å². The Morgan fingerprint density at radius 2 is 1.74 bits per heavy atom. The minimum atomic E-state index is -3.51. The zero-order chi connectivity index (χ0) is 24.0. The van der Waals surface area contributed by atoms with Crippen LogP contribution in [0.1, 0.15) is 36.8 Å². The molecule has 1 heterocycles. The summed E-state index contributed by atoms with van der Waals surface area (Å²) in [7, 11) is -1.95. The molecule has 34 heavy (non-hydrogen) atoms. The van der Waals surface area contributed by atoms with Crippen molar-refractivity contribution in [3.63, 3.8) is 0 Å². The molecule has 0 spiro atoms. The predicted octanol–water partition coefficient (Wildman–Crippen LogP) is 4.31. The highest BCUT2D eigenvalue weighted by Gasteiger charge is 2.27. The van der Waals surface area contributed by atoms with Crippen molar-refractivity contribution in [3.05, 3.63) is 71.8 Å². The molecule has 0 bridgehead atoms. The number of carbonyl (C=O) groups excluding carboxylic acids is 1. The zero-order valence-electron chi connectivity index (χ0n) is 19.6. The van der Waals surface area contributed by atoms with Crippen molar-refractivity contribution in [1.29, 1.82) is 0 Å². The van der Waals surface area contributed by atoms with Gasteiger partial charge in [0, 0.05) is 26.1 Å². The van der Waals surface area contributed by atoms with Crippen molar-refractivity contribution in [3.8, 4) is 5.75 Å². The van der Waals surface area contributed by atoms with Gasteiger partial charge in [-0.15, -0.1) is 0 Å². The number of methoxy groups -OCH3 is 1.